The van der Waals surface area contributed by atoms with Crippen LogP contribution < -0.4 is 16.0 Å². The highest BCUT2D eigenvalue weighted by molar-refractivity contribution is 6.30. The van der Waals surface area contributed by atoms with Crippen LogP contribution in [-0.4, -0.2) is 18.5 Å². The monoisotopic (exact) mass is 331 g/mol. The maximum absolute atomic E-state index is 11.9. The summed E-state index contributed by atoms with van der Waals surface area (Å²) in [6.07, 6.45) is 0.884. The standard InChI is InChI=1S/C17H18ClN3O2/c1-2-10-19-16(22)12-6-8-14(9-7-12)20-17(23)21-15-5-3-4-13(18)11-15/h3-9,11H,2,10H2,1H3,(H,19,22)(H2,20,21,23). The van der Waals surface area contributed by atoms with Crippen LogP contribution in [0.25, 0.3) is 0 Å². The Morgan fingerprint density at radius 3 is 2.35 bits per heavy atom. The topological polar surface area (TPSA) is 70.2 Å². The molecule has 0 bridgehead atoms. The van der Waals surface area contributed by atoms with Crippen LogP contribution in [0.1, 0.15) is 23.7 Å². The van der Waals surface area contributed by atoms with Gasteiger partial charge in [0.1, 0.15) is 0 Å². The minimum absolute atomic E-state index is 0.123. The fourth-order valence-electron chi connectivity index (χ4n) is 1.91. The number of carbonyl (C=O) groups is 2. The quantitative estimate of drug-likeness (QED) is 0.771. The third-order valence-corrected chi connectivity index (χ3v) is 3.26. The summed E-state index contributed by atoms with van der Waals surface area (Å²) in [5.41, 5.74) is 1.75. The third-order valence-electron chi connectivity index (χ3n) is 3.02. The molecule has 0 saturated heterocycles. The van der Waals surface area contributed by atoms with Crippen molar-refractivity contribution >= 4 is 34.9 Å². The zero-order chi connectivity index (χ0) is 16.7. The predicted octanol–water partition coefficient (Wildman–Crippen LogP) is 4.12. The molecule has 0 atom stereocenters. The largest absolute Gasteiger partial charge is 0.352 e. The minimum atomic E-state index is -0.379. The molecule has 2 rings (SSSR count). The Bertz CT molecular complexity index is 686. The van der Waals surface area contributed by atoms with E-state index in [0.29, 0.717) is 28.5 Å². The van der Waals surface area contributed by atoms with Crippen molar-refractivity contribution < 1.29 is 9.59 Å². The molecule has 5 nitrogen and oxygen atoms in total. The molecule has 0 aliphatic heterocycles. The highest BCUT2D eigenvalue weighted by Gasteiger charge is 2.06. The maximum Gasteiger partial charge on any atom is 0.323 e. The lowest BCUT2D eigenvalue weighted by molar-refractivity contribution is 0.0953. The highest BCUT2D eigenvalue weighted by Crippen LogP contribution is 2.15. The molecule has 0 unspecified atom stereocenters. The van der Waals surface area contributed by atoms with E-state index in [2.05, 4.69) is 16.0 Å². The summed E-state index contributed by atoms with van der Waals surface area (Å²) in [6.45, 7) is 2.63. The Hall–Kier alpha value is -2.53. The van der Waals surface area contributed by atoms with Crippen molar-refractivity contribution in [3.8, 4) is 0 Å². The van der Waals surface area contributed by atoms with Gasteiger partial charge in [-0.25, -0.2) is 4.79 Å². The van der Waals surface area contributed by atoms with E-state index in [1.807, 2.05) is 6.92 Å². The second-order valence-electron chi connectivity index (χ2n) is 4.92. The molecule has 3 N–H and O–H groups in total. The van der Waals surface area contributed by atoms with Crippen LogP contribution in [0.2, 0.25) is 5.02 Å². The van der Waals surface area contributed by atoms with Gasteiger partial charge in [0.15, 0.2) is 0 Å². The number of hydrogen-bond acceptors (Lipinski definition) is 2. The molecule has 0 fully saturated rings. The Kier molecular flexibility index (Phi) is 6.00. The number of nitrogens with one attached hydrogen (secondary N) is 3. The molecule has 23 heavy (non-hydrogen) atoms. The molecular formula is C17H18ClN3O2. The van der Waals surface area contributed by atoms with E-state index >= 15 is 0 Å². The number of anilines is 2. The average molecular weight is 332 g/mol. The summed E-state index contributed by atoms with van der Waals surface area (Å²) in [7, 11) is 0. The van der Waals surface area contributed by atoms with E-state index in [1.54, 1.807) is 48.5 Å². The number of amides is 3. The van der Waals surface area contributed by atoms with E-state index in [0.717, 1.165) is 6.42 Å². The van der Waals surface area contributed by atoms with Gasteiger partial charge >= 0.3 is 6.03 Å². The fraction of sp³-hybridized carbons (Fsp3) is 0.176. The van der Waals surface area contributed by atoms with Crippen LogP contribution in [0, 0.1) is 0 Å². The lowest BCUT2D eigenvalue weighted by atomic mass is 10.2. The van der Waals surface area contributed by atoms with Gasteiger partial charge < -0.3 is 16.0 Å². The van der Waals surface area contributed by atoms with Gasteiger partial charge in [0.05, 0.1) is 0 Å². The molecule has 120 valence electrons. The molecule has 6 heteroatoms. The van der Waals surface area contributed by atoms with E-state index in [4.69, 9.17) is 11.6 Å². The maximum atomic E-state index is 11.9. The SMILES string of the molecule is CCCNC(=O)c1ccc(NC(=O)Nc2cccc(Cl)c2)cc1. The molecule has 2 aromatic carbocycles. The van der Waals surface area contributed by atoms with E-state index < -0.39 is 0 Å². The number of rotatable bonds is 5. The molecule has 0 radical (unpaired) electrons. The molecule has 0 aromatic heterocycles. The van der Waals surface area contributed by atoms with Gasteiger partial charge in [-0.3, -0.25) is 4.79 Å². The normalized spacial score (nSPS) is 10.0. The number of benzene rings is 2. The van der Waals surface area contributed by atoms with Crippen molar-refractivity contribution in [2.24, 2.45) is 0 Å². The van der Waals surface area contributed by atoms with Crippen LogP contribution >= 0.6 is 11.6 Å². The van der Waals surface area contributed by atoms with Crippen molar-refractivity contribution in [3.63, 3.8) is 0 Å². The molecule has 3 amide bonds. The third kappa shape index (κ3) is 5.30. The summed E-state index contributed by atoms with van der Waals surface area (Å²) in [5, 5.41) is 8.72. The molecule has 0 aliphatic rings. The van der Waals surface area contributed by atoms with Crippen LogP contribution in [0.4, 0.5) is 16.2 Å². The van der Waals surface area contributed by atoms with Gasteiger partial charge in [0, 0.05) is 28.5 Å². The fourth-order valence-corrected chi connectivity index (χ4v) is 2.10. The van der Waals surface area contributed by atoms with Crippen LogP contribution in [0.3, 0.4) is 0 Å². The first-order chi connectivity index (χ1) is 11.1. The van der Waals surface area contributed by atoms with Crippen molar-refractivity contribution in [1.29, 1.82) is 0 Å². The molecule has 0 aliphatic carbocycles. The van der Waals surface area contributed by atoms with Crippen molar-refractivity contribution in [3.05, 3.63) is 59.1 Å². The second-order valence-corrected chi connectivity index (χ2v) is 5.36. The van der Waals surface area contributed by atoms with E-state index in [-0.39, 0.29) is 11.9 Å². The van der Waals surface area contributed by atoms with Gasteiger partial charge in [0.2, 0.25) is 0 Å². The lowest BCUT2D eigenvalue weighted by Crippen LogP contribution is -2.24. The van der Waals surface area contributed by atoms with E-state index in [9.17, 15) is 9.59 Å². The highest BCUT2D eigenvalue weighted by atomic mass is 35.5. The summed E-state index contributed by atoms with van der Waals surface area (Å²) in [5.74, 6) is -0.123. The van der Waals surface area contributed by atoms with Gasteiger partial charge in [-0.2, -0.15) is 0 Å². The zero-order valence-corrected chi connectivity index (χ0v) is 13.5. The first kappa shape index (κ1) is 16.8. The van der Waals surface area contributed by atoms with Gasteiger partial charge in [-0.1, -0.05) is 24.6 Å². The summed E-state index contributed by atoms with van der Waals surface area (Å²) < 4.78 is 0. The number of carbonyl (C=O) groups excluding carboxylic acids is 2. The molecule has 0 spiro atoms. The number of urea groups is 1. The molecule has 2 aromatic rings. The van der Waals surface area contributed by atoms with Gasteiger partial charge in [-0.15, -0.1) is 0 Å². The average Bonchev–Trinajstić information content (AvgIpc) is 2.53. The van der Waals surface area contributed by atoms with E-state index in [1.165, 1.54) is 0 Å². The predicted molar refractivity (Wildman–Crippen MR) is 93.2 cm³/mol. The lowest BCUT2D eigenvalue weighted by Gasteiger charge is -2.09. The molecule has 0 heterocycles. The van der Waals surface area contributed by atoms with Crippen molar-refractivity contribution in [1.82, 2.24) is 5.32 Å². The number of halogens is 1. The first-order valence-corrected chi connectivity index (χ1v) is 7.68. The molecule has 0 saturated carbocycles. The first-order valence-electron chi connectivity index (χ1n) is 7.30. The second kappa shape index (κ2) is 8.19. The summed E-state index contributed by atoms with van der Waals surface area (Å²) >= 11 is 5.86. The molecular weight excluding hydrogens is 314 g/mol. The van der Waals surface area contributed by atoms with Crippen molar-refractivity contribution in [2.45, 2.75) is 13.3 Å². The van der Waals surface area contributed by atoms with Crippen LogP contribution in [0.15, 0.2) is 48.5 Å². The van der Waals surface area contributed by atoms with Gasteiger partial charge in [-0.05, 0) is 48.9 Å². The summed E-state index contributed by atoms with van der Waals surface area (Å²) in [6, 6.07) is 13.2. The minimum Gasteiger partial charge on any atom is -0.352 e. The zero-order valence-electron chi connectivity index (χ0n) is 12.7. The van der Waals surface area contributed by atoms with Crippen molar-refractivity contribution in [2.75, 3.05) is 17.2 Å². The van der Waals surface area contributed by atoms with Crippen LogP contribution in [-0.2, 0) is 0 Å². The smallest absolute Gasteiger partial charge is 0.323 e. The Morgan fingerprint density at radius 1 is 1.00 bits per heavy atom. The Labute approximate surface area is 140 Å². The van der Waals surface area contributed by atoms with Gasteiger partial charge in [0.25, 0.3) is 5.91 Å². The number of hydrogen-bond donors (Lipinski definition) is 3. The van der Waals surface area contributed by atoms with Crippen LogP contribution in [0.5, 0.6) is 0 Å². The summed E-state index contributed by atoms with van der Waals surface area (Å²) in [4.78, 5) is 23.7. The Morgan fingerprint density at radius 2 is 1.70 bits per heavy atom. The Balaban J connectivity index is 1.92.